The Morgan fingerprint density at radius 2 is 2.11 bits per heavy atom. The van der Waals surface area contributed by atoms with Crippen molar-refractivity contribution in [2.75, 3.05) is 5.43 Å². The van der Waals surface area contributed by atoms with Crippen LogP contribution in [-0.4, -0.2) is 28.1 Å². The molecule has 1 aromatic heterocycles. The molecule has 2 rings (SSSR count). The number of rotatable bonds is 3. The van der Waals surface area contributed by atoms with Gasteiger partial charge in [0, 0.05) is 18.4 Å². The number of aliphatic hydroxyl groups excluding tert-OH is 1. The Bertz CT molecular complexity index is 416. The zero-order valence-corrected chi connectivity index (χ0v) is 10.1. The molecule has 0 atom stereocenters. The molecule has 1 aliphatic carbocycles. The van der Waals surface area contributed by atoms with Gasteiger partial charge in [-0.3, -0.25) is 15.6 Å². The number of pyridine rings is 1. The number of nitrogens with zero attached hydrogens (tertiary/aromatic N) is 1. The van der Waals surface area contributed by atoms with E-state index < -0.39 is 0 Å². The topological polar surface area (TPSA) is 100 Å². The van der Waals surface area contributed by atoms with Crippen molar-refractivity contribution in [1.82, 2.24) is 10.3 Å². The molecule has 18 heavy (non-hydrogen) atoms. The van der Waals surface area contributed by atoms with E-state index in [9.17, 15) is 9.90 Å². The van der Waals surface area contributed by atoms with E-state index in [2.05, 4.69) is 15.7 Å². The van der Waals surface area contributed by atoms with E-state index in [4.69, 9.17) is 5.84 Å². The highest BCUT2D eigenvalue weighted by atomic mass is 16.3. The van der Waals surface area contributed by atoms with Crippen molar-refractivity contribution >= 4 is 11.6 Å². The summed E-state index contributed by atoms with van der Waals surface area (Å²) in [4.78, 5) is 16.0. The zero-order chi connectivity index (χ0) is 13.0. The molecule has 98 valence electrons. The van der Waals surface area contributed by atoms with Crippen molar-refractivity contribution in [3.63, 3.8) is 0 Å². The van der Waals surface area contributed by atoms with Crippen LogP contribution in [-0.2, 0) is 0 Å². The maximum absolute atomic E-state index is 12.1. The molecule has 0 aromatic carbocycles. The number of anilines is 1. The Kier molecular flexibility index (Phi) is 4.11. The largest absolute Gasteiger partial charge is 0.393 e. The van der Waals surface area contributed by atoms with Gasteiger partial charge in [-0.05, 0) is 31.7 Å². The number of carbonyl (C=O) groups excluding carboxylic acids is 1. The third kappa shape index (κ3) is 2.96. The molecule has 5 N–H and O–H groups in total. The molecule has 1 heterocycles. The number of aromatic nitrogens is 1. The van der Waals surface area contributed by atoms with Gasteiger partial charge in [-0.15, -0.1) is 0 Å². The summed E-state index contributed by atoms with van der Waals surface area (Å²) in [5.74, 6) is 5.17. The summed E-state index contributed by atoms with van der Waals surface area (Å²) >= 11 is 0. The maximum atomic E-state index is 12.1. The molecule has 0 unspecified atom stereocenters. The molecule has 0 saturated heterocycles. The number of hydrogen-bond acceptors (Lipinski definition) is 5. The summed E-state index contributed by atoms with van der Waals surface area (Å²) in [6, 6.07) is 1.77. The third-order valence-electron chi connectivity index (χ3n) is 3.25. The average molecular weight is 250 g/mol. The van der Waals surface area contributed by atoms with Gasteiger partial charge in [-0.2, -0.15) is 0 Å². The molecule has 1 amide bonds. The number of carbonyl (C=O) groups is 1. The summed E-state index contributed by atoms with van der Waals surface area (Å²) in [5.41, 5.74) is 3.47. The van der Waals surface area contributed by atoms with E-state index in [1.165, 1.54) is 6.20 Å². The first kappa shape index (κ1) is 12.8. The van der Waals surface area contributed by atoms with Crippen LogP contribution in [0.4, 0.5) is 5.69 Å². The van der Waals surface area contributed by atoms with Gasteiger partial charge < -0.3 is 15.8 Å². The molecule has 1 saturated carbocycles. The molecule has 0 radical (unpaired) electrons. The van der Waals surface area contributed by atoms with Crippen LogP contribution in [0.25, 0.3) is 0 Å². The summed E-state index contributed by atoms with van der Waals surface area (Å²) in [6.45, 7) is 0. The SMILES string of the molecule is NNc1ccncc1C(=O)NC1CCC(O)CC1. The molecule has 0 spiro atoms. The first-order valence-electron chi connectivity index (χ1n) is 6.10. The molecule has 6 heteroatoms. The highest BCUT2D eigenvalue weighted by Gasteiger charge is 2.22. The van der Waals surface area contributed by atoms with Crippen LogP contribution in [0.5, 0.6) is 0 Å². The van der Waals surface area contributed by atoms with E-state index in [-0.39, 0.29) is 18.1 Å². The van der Waals surface area contributed by atoms with Gasteiger partial charge >= 0.3 is 0 Å². The molecule has 0 bridgehead atoms. The van der Waals surface area contributed by atoms with Crippen molar-refractivity contribution in [3.8, 4) is 0 Å². The van der Waals surface area contributed by atoms with E-state index in [0.717, 1.165) is 25.7 Å². The first-order chi connectivity index (χ1) is 8.70. The fourth-order valence-electron chi connectivity index (χ4n) is 2.18. The van der Waals surface area contributed by atoms with E-state index in [1.807, 2.05) is 0 Å². The summed E-state index contributed by atoms with van der Waals surface area (Å²) in [6.07, 6.45) is 5.92. The monoisotopic (exact) mass is 250 g/mol. The number of aliphatic hydroxyl groups is 1. The lowest BCUT2D eigenvalue weighted by Gasteiger charge is -2.26. The number of hydrazine groups is 1. The second-order valence-electron chi connectivity index (χ2n) is 4.54. The normalized spacial score (nSPS) is 23.4. The Morgan fingerprint density at radius 1 is 1.39 bits per heavy atom. The van der Waals surface area contributed by atoms with Gasteiger partial charge in [-0.25, -0.2) is 0 Å². The van der Waals surface area contributed by atoms with Crippen molar-refractivity contribution in [2.45, 2.75) is 37.8 Å². The Morgan fingerprint density at radius 3 is 2.78 bits per heavy atom. The van der Waals surface area contributed by atoms with Crippen LogP contribution in [0.3, 0.4) is 0 Å². The zero-order valence-electron chi connectivity index (χ0n) is 10.1. The predicted molar refractivity (Wildman–Crippen MR) is 67.8 cm³/mol. The standard InChI is InChI=1S/C12H18N4O2/c13-16-11-5-6-14-7-10(11)12(18)15-8-1-3-9(17)4-2-8/h5-9,17H,1-4,13H2,(H,14,16)(H,15,18). The summed E-state index contributed by atoms with van der Waals surface area (Å²) < 4.78 is 0. The van der Waals surface area contributed by atoms with Crippen molar-refractivity contribution in [1.29, 1.82) is 0 Å². The Hall–Kier alpha value is -1.66. The number of hydrogen-bond donors (Lipinski definition) is 4. The molecular weight excluding hydrogens is 232 g/mol. The number of nitrogens with two attached hydrogens (primary N) is 1. The van der Waals surface area contributed by atoms with Gasteiger partial charge in [-0.1, -0.05) is 0 Å². The number of nitrogens with one attached hydrogen (secondary N) is 2. The fraction of sp³-hybridized carbons (Fsp3) is 0.500. The maximum Gasteiger partial charge on any atom is 0.255 e. The predicted octanol–water partition coefficient (Wildman–Crippen LogP) is 0.400. The highest BCUT2D eigenvalue weighted by Crippen LogP contribution is 2.19. The van der Waals surface area contributed by atoms with Crippen LogP contribution in [0.2, 0.25) is 0 Å². The van der Waals surface area contributed by atoms with Crippen molar-refractivity contribution in [2.24, 2.45) is 5.84 Å². The summed E-state index contributed by atoms with van der Waals surface area (Å²) in [7, 11) is 0. The van der Waals surface area contributed by atoms with Crippen molar-refractivity contribution < 1.29 is 9.90 Å². The van der Waals surface area contributed by atoms with Gasteiger partial charge in [0.2, 0.25) is 0 Å². The van der Waals surface area contributed by atoms with E-state index in [0.29, 0.717) is 11.3 Å². The number of amides is 1. The van der Waals surface area contributed by atoms with Crippen LogP contribution in [0.1, 0.15) is 36.0 Å². The lowest BCUT2D eigenvalue weighted by molar-refractivity contribution is 0.0868. The second kappa shape index (κ2) is 5.79. The second-order valence-corrected chi connectivity index (χ2v) is 4.54. The van der Waals surface area contributed by atoms with E-state index >= 15 is 0 Å². The summed E-state index contributed by atoms with van der Waals surface area (Å²) in [5, 5.41) is 12.4. The smallest absolute Gasteiger partial charge is 0.255 e. The molecule has 6 nitrogen and oxygen atoms in total. The molecule has 1 fully saturated rings. The quantitative estimate of drug-likeness (QED) is 0.459. The van der Waals surface area contributed by atoms with Crippen LogP contribution in [0.15, 0.2) is 18.5 Å². The highest BCUT2D eigenvalue weighted by molar-refractivity contribution is 5.99. The van der Waals surface area contributed by atoms with E-state index in [1.54, 1.807) is 12.3 Å². The van der Waals surface area contributed by atoms with Crippen LogP contribution in [0, 0.1) is 0 Å². The lowest BCUT2D eigenvalue weighted by atomic mass is 9.93. The van der Waals surface area contributed by atoms with Gasteiger partial charge in [0.05, 0.1) is 17.4 Å². The van der Waals surface area contributed by atoms with Crippen LogP contribution < -0.4 is 16.6 Å². The minimum Gasteiger partial charge on any atom is -0.393 e. The third-order valence-corrected chi connectivity index (χ3v) is 3.25. The Balaban J connectivity index is 1.99. The molecular formula is C12H18N4O2. The molecule has 1 aliphatic rings. The molecule has 1 aromatic rings. The average Bonchev–Trinajstić information content (AvgIpc) is 2.41. The van der Waals surface area contributed by atoms with Gasteiger partial charge in [0.1, 0.15) is 0 Å². The fourth-order valence-corrected chi connectivity index (χ4v) is 2.18. The van der Waals surface area contributed by atoms with Gasteiger partial charge in [0.15, 0.2) is 0 Å². The minimum atomic E-state index is -0.224. The molecule has 0 aliphatic heterocycles. The van der Waals surface area contributed by atoms with Gasteiger partial charge in [0.25, 0.3) is 5.91 Å². The first-order valence-corrected chi connectivity index (χ1v) is 6.10. The van der Waals surface area contributed by atoms with Crippen molar-refractivity contribution in [3.05, 3.63) is 24.0 Å². The van der Waals surface area contributed by atoms with Crippen LogP contribution >= 0.6 is 0 Å². The lowest BCUT2D eigenvalue weighted by Crippen LogP contribution is -2.39. The Labute approximate surface area is 106 Å². The number of nitrogen functional groups attached to an aromatic ring is 1. The minimum absolute atomic E-state index is 0.117.